The summed E-state index contributed by atoms with van der Waals surface area (Å²) in [5.41, 5.74) is 12.4. The first kappa shape index (κ1) is 20.3. The van der Waals surface area contributed by atoms with Gasteiger partial charge in [0.25, 0.3) is 5.91 Å². The predicted octanol–water partition coefficient (Wildman–Crippen LogP) is 2.57. The monoisotopic (exact) mass is 395 g/mol. The Bertz CT molecular complexity index is 816. The lowest BCUT2D eigenvalue weighted by Gasteiger charge is -2.14. The number of rotatable bonds is 5. The summed E-state index contributed by atoms with van der Waals surface area (Å²) in [6.07, 6.45) is 0. The fraction of sp³-hybridized carbons (Fsp3) is 0.353. The molecule has 0 aliphatic carbocycles. The molecule has 2 rings (SSSR count). The lowest BCUT2D eigenvalue weighted by atomic mass is 9.93. The van der Waals surface area contributed by atoms with Gasteiger partial charge in [0.2, 0.25) is 5.91 Å². The van der Waals surface area contributed by atoms with Crippen molar-refractivity contribution in [1.82, 2.24) is 4.98 Å². The third-order valence-corrected chi connectivity index (χ3v) is 4.65. The molecule has 7 nitrogen and oxygen atoms in total. The Hall–Kier alpha value is -2.00. The molecule has 1 aromatic carbocycles. The van der Waals surface area contributed by atoms with Crippen LogP contribution in [0.2, 0.25) is 5.02 Å². The Labute approximate surface area is 161 Å². The predicted molar refractivity (Wildman–Crippen MR) is 106 cm³/mol. The van der Waals surface area contributed by atoms with E-state index in [9.17, 15) is 9.59 Å². The van der Waals surface area contributed by atoms with Gasteiger partial charge in [-0.15, -0.1) is 11.3 Å². The molecule has 1 unspecified atom stereocenters. The van der Waals surface area contributed by atoms with E-state index in [2.05, 4.69) is 15.6 Å². The van der Waals surface area contributed by atoms with Gasteiger partial charge in [-0.2, -0.15) is 0 Å². The third kappa shape index (κ3) is 5.01. The Balaban J connectivity index is 2.16. The molecular formula is C17H22ClN5O2S. The number of amides is 2. The first-order chi connectivity index (χ1) is 12.1. The van der Waals surface area contributed by atoms with Crippen molar-refractivity contribution in [3.05, 3.63) is 39.9 Å². The van der Waals surface area contributed by atoms with Gasteiger partial charge in [-0.3, -0.25) is 14.9 Å². The summed E-state index contributed by atoms with van der Waals surface area (Å²) in [7, 11) is 0. The van der Waals surface area contributed by atoms with Crippen molar-refractivity contribution in [2.24, 2.45) is 11.5 Å². The molecule has 140 valence electrons. The van der Waals surface area contributed by atoms with Crippen molar-refractivity contribution >= 4 is 45.6 Å². The van der Waals surface area contributed by atoms with Gasteiger partial charge in [0.15, 0.2) is 5.13 Å². The Morgan fingerprint density at radius 2 is 2.00 bits per heavy atom. The van der Waals surface area contributed by atoms with Crippen molar-refractivity contribution < 1.29 is 9.59 Å². The average Bonchev–Trinajstić information content (AvgIpc) is 3.04. The number of carbonyl (C=O) groups is 2. The van der Waals surface area contributed by atoms with E-state index in [1.54, 1.807) is 6.07 Å². The van der Waals surface area contributed by atoms with E-state index in [1.165, 1.54) is 23.5 Å². The number of nitrogens with two attached hydrogens (primary N) is 2. The van der Waals surface area contributed by atoms with Crippen molar-refractivity contribution in [2.75, 3.05) is 17.2 Å². The molecule has 0 aliphatic heterocycles. The van der Waals surface area contributed by atoms with E-state index < -0.39 is 17.9 Å². The van der Waals surface area contributed by atoms with Crippen molar-refractivity contribution in [1.29, 1.82) is 0 Å². The van der Waals surface area contributed by atoms with Gasteiger partial charge in [0, 0.05) is 23.0 Å². The maximum Gasteiger partial charge on any atom is 0.259 e. The molecule has 0 bridgehead atoms. The van der Waals surface area contributed by atoms with Crippen molar-refractivity contribution in [3.8, 4) is 0 Å². The fourth-order valence-corrected chi connectivity index (χ4v) is 3.09. The van der Waals surface area contributed by atoms with Crippen LogP contribution in [0.1, 0.15) is 36.8 Å². The Morgan fingerprint density at radius 3 is 2.58 bits per heavy atom. The number of hydrogen-bond donors (Lipinski definition) is 4. The summed E-state index contributed by atoms with van der Waals surface area (Å²) < 4.78 is 0. The van der Waals surface area contributed by atoms with Crippen LogP contribution < -0.4 is 22.1 Å². The van der Waals surface area contributed by atoms with E-state index in [1.807, 2.05) is 26.2 Å². The van der Waals surface area contributed by atoms with E-state index in [0.29, 0.717) is 10.8 Å². The van der Waals surface area contributed by atoms with Gasteiger partial charge in [0.05, 0.1) is 22.3 Å². The highest BCUT2D eigenvalue weighted by Crippen LogP contribution is 2.27. The Kier molecular flexibility index (Phi) is 6.35. The van der Waals surface area contributed by atoms with Crippen molar-refractivity contribution in [3.63, 3.8) is 0 Å². The largest absolute Gasteiger partial charge is 0.328 e. The molecular weight excluding hydrogens is 374 g/mol. The zero-order chi connectivity index (χ0) is 19.5. The van der Waals surface area contributed by atoms with Crippen LogP contribution in [0.25, 0.3) is 0 Å². The highest BCUT2D eigenvalue weighted by molar-refractivity contribution is 7.14. The summed E-state index contributed by atoms with van der Waals surface area (Å²) >= 11 is 7.47. The molecule has 0 spiro atoms. The number of anilines is 2. The summed E-state index contributed by atoms with van der Waals surface area (Å²) in [6.45, 7) is 6.15. The van der Waals surface area contributed by atoms with Crippen LogP contribution >= 0.6 is 22.9 Å². The fourth-order valence-electron chi connectivity index (χ4n) is 1.96. The second-order valence-corrected chi connectivity index (χ2v) is 8.03. The molecule has 2 amide bonds. The van der Waals surface area contributed by atoms with Crippen LogP contribution in [-0.4, -0.2) is 29.4 Å². The molecule has 9 heteroatoms. The van der Waals surface area contributed by atoms with Crippen LogP contribution in [0, 0.1) is 0 Å². The minimum absolute atomic E-state index is 0.0208. The summed E-state index contributed by atoms with van der Waals surface area (Å²) in [4.78, 5) is 28.8. The van der Waals surface area contributed by atoms with Crippen LogP contribution in [0.5, 0.6) is 0 Å². The zero-order valence-corrected chi connectivity index (χ0v) is 16.4. The zero-order valence-electron chi connectivity index (χ0n) is 14.8. The highest BCUT2D eigenvalue weighted by atomic mass is 35.5. The topological polar surface area (TPSA) is 123 Å². The molecule has 6 N–H and O–H groups in total. The lowest BCUT2D eigenvalue weighted by molar-refractivity contribution is -0.117. The number of hydrogen-bond acceptors (Lipinski definition) is 6. The number of aromatic nitrogens is 1. The average molecular weight is 396 g/mol. The minimum Gasteiger partial charge on any atom is -0.328 e. The molecule has 0 radical (unpaired) electrons. The third-order valence-electron chi connectivity index (χ3n) is 3.56. The van der Waals surface area contributed by atoms with Gasteiger partial charge >= 0.3 is 0 Å². The molecule has 0 saturated heterocycles. The standard InChI is InChI=1S/C17H22ClN5O2S/c1-17(2,3)13-8-26-16(22-13)23-14(24)10-6-9(4-5-11(10)18)21-15(25)12(20)7-19/h4-6,8,12H,7,19-20H2,1-3H3,(H,21,25)(H,22,23,24). The molecule has 2 aromatic rings. The summed E-state index contributed by atoms with van der Waals surface area (Å²) in [5, 5.41) is 7.99. The molecule has 1 aromatic heterocycles. The molecule has 0 aliphatic rings. The molecule has 1 atom stereocenters. The maximum absolute atomic E-state index is 12.5. The molecule has 0 saturated carbocycles. The second kappa shape index (κ2) is 8.13. The molecule has 1 heterocycles. The van der Waals surface area contributed by atoms with Gasteiger partial charge in [-0.05, 0) is 18.2 Å². The van der Waals surface area contributed by atoms with Crippen LogP contribution in [0.15, 0.2) is 23.6 Å². The first-order valence-electron chi connectivity index (χ1n) is 7.95. The van der Waals surface area contributed by atoms with Gasteiger partial charge < -0.3 is 16.8 Å². The number of nitrogens with zero attached hydrogens (tertiary/aromatic N) is 1. The molecule has 0 fully saturated rings. The normalized spacial score (nSPS) is 12.5. The van der Waals surface area contributed by atoms with E-state index in [4.69, 9.17) is 23.1 Å². The lowest BCUT2D eigenvalue weighted by Crippen LogP contribution is -2.41. The number of halogens is 1. The van der Waals surface area contributed by atoms with E-state index >= 15 is 0 Å². The smallest absolute Gasteiger partial charge is 0.259 e. The van der Waals surface area contributed by atoms with Gasteiger partial charge in [0.1, 0.15) is 0 Å². The minimum atomic E-state index is -0.825. The van der Waals surface area contributed by atoms with Crippen LogP contribution in [-0.2, 0) is 10.2 Å². The number of benzene rings is 1. The van der Waals surface area contributed by atoms with Crippen LogP contribution in [0.4, 0.5) is 10.8 Å². The summed E-state index contributed by atoms with van der Waals surface area (Å²) in [6, 6.07) is 3.77. The van der Waals surface area contributed by atoms with E-state index in [-0.39, 0.29) is 22.5 Å². The number of nitrogens with one attached hydrogen (secondary N) is 2. The quantitative estimate of drug-likeness (QED) is 0.619. The number of thiazole rings is 1. The highest BCUT2D eigenvalue weighted by Gasteiger charge is 2.20. The van der Waals surface area contributed by atoms with Crippen molar-refractivity contribution in [2.45, 2.75) is 32.2 Å². The van der Waals surface area contributed by atoms with Gasteiger partial charge in [-0.25, -0.2) is 4.98 Å². The SMILES string of the molecule is CC(C)(C)c1csc(NC(=O)c2cc(NC(=O)C(N)CN)ccc2Cl)n1. The Morgan fingerprint density at radius 1 is 1.31 bits per heavy atom. The maximum atomic E-state index is 12.5. The second-order valence-electron chi connectivity index (χ2n) is 6.77. The molecule has 26 heavy (non-hydrogen) atoms. The summed E-state index contributed by atoms with van der Waals surface area (Å²) in [5.74, 6) is -0.847. The van der Waals surface area contributed by atoms with Gasteiger partial charge in [-0.1, -0.05) is 32.4 Å². The number of carbonyl (C=O) groups excluding carboxylic acids is 2. The first-order valence-corrected chi connectivity index (χ1v) is 9.21. The van der Waals surface area contributed by atoms with Crippen LogP contribution in [0.3, 0.4) is 0 Å². The van der Waals surface area contributed by atoms with E-state index in [0.717, 1.165) is 5.69 Å².